The summed E-state index contributed by atoms with van der Waals surface area (Å²) in [7, 11) is 0. The standard InChI is InChI=1S/C28H41N8O5/c1-18(2)25(28(41)34-21(16-37)12-19-8-4-3-5-9-19)36-24(38)15-32-27(40)23(13-20-14-31-17-33-20)35-26(39)22(30)10-6-7-11-29/h3-5,8-9,14,17-18,21-23,25H,6-7,10-13,15,29-30H2,1-2H3,(H,31,33)(H,32,40)(H,34,41)(H,35,39)(H,36,38)/t21-,22-,23-,25-/m0/s1. The molecule has 0 aliphatic rings. The molecule has 0 aliphatic heterocycles. The van der Waals surface area contributed by atoms with Crippen LogP contribution in [0.4, 0.5) is 0 Å². The molecule has 4 amide bonds. The van der Waals surface area contributed by atoms with Crippen LogP contribution in [0.15, 0.2) is 42.9 Å². The van der Waals surface area contributed by atoms with Gasteiger partial charge in [0.05, 0.1) is 30.6 Å². The summed E-state index contributed by atoms with van der Waals surface area (Å²) in [6, 6.07) is 5.45. The second-order valence-electron chi connectivity index (χ2n) is 10.1. The Bertz CT molecular complexity index is 1110. The van der Waals surface area contributed by atoms with Crippen LogP contribution in [-0.4, -0.2) is 77.1 Å². The summed E-state index contributed by atoms with van der Waals surface area (Å²) < 4.78 is 0. The molecule has 0 aliphatic carbocycles. The average molecular weight is 570 g/mol. The highest BCUT2D eigenvalue weighted by Gasteiger charge is 2.28. The summed E-state index contributed by atoms with van der Waals surface area (Å²) in [5.74, 6) is -2.60. The van der Waals surface area contributed by atoms with Crippen molar-refractivity contribution < 1.29 is 24.0 Å². The van der Waals surface area contributed by atoms with Crippen LogP contribution in [0.2, 0.25) is 0 Å². The number of amides is 4. The van der Waals surface area contributed by atoms with E-state index in [1.807, 2.05) is 36.6 Å². The quantitative estimate of drug-likeness (QED) is 0.110. The predicted octanol–water partition coefficient (Wildman–Crippen LogP) is -1.01. The van der Waals surface area contributed by atoms with Gasteiger partial charge in [0.15, 0.2) is 0 Å². The molecule has 0 unspecified atom stereocenters. The molecular formula is C28H41N8O5. The molecule has 9 N–H and O–H groups in total. The molecule has 0 fully saturated rings. The monoisotopic (exact) mass is 569 g/mol. The Labute approximate surface area is 240 Å². The Kier molecular flexibility index (Phi) is 14.2. The van der Waals surface area contributed by atoms with Crippen molar-refractivity contribution in [1.82, 2.24) is 31.2 Å². The first kappa shape index (κ1) is 33.1. The van der Waals surface area contributed by atoms with Gasteiger partial charge in [-0.15, -0.1) is 0 Å². The highest BCUT2D eigenvalue weighted by Crippen LogP contribution is 2.06. The zero-order valence-electron chi connectivity index (χ0n) is 23.5. The molecule has 1 aromatic heterocycles. The molecule has 223 valence electrons. The van der Waals surface area contributed by atoms with E-state index >= 15 is 0 Å². The highest BCUT2D eigenvalue weighted by atomic mass is 16.2. The van der Waals surface area contributed by atoms with E-state index in [0.29, 0.717) is 25.1 Å². The van der Waals surface area contributed by atoms with Crippen LogP contribution in [0.25, 0.3) is 0 Å². The van der Waals surface area contributed by atoms with E-state index in [9.17, 15) is 24.0 Å². The zero-order valence-corrected chi connectivity index (χ0v) is 23.5. The van der Waals surface area contributed by atoms with E-state index < -0.39 is 54.3 Å². The summed E-state index contributed by atoms with van der Waals surface area (Å²) in [4.78, 5) is 69.6. The van der Waals surface area contributed by atoms with Crippen molar-refractivity contribution >= 4 is 29.9 Å². The fraction of sp³-hybridized carbons (Fsp3) is 0.500. The smallest absolute Gasteiger partial charge is 0.243 e. The van der Waals surface area contributed by atoms with Crippen LogP contribution in [0.1, 0.15) is 44.4 Å². The molecule has 1 aromatic carbocycles. The van der Waals surface area contributed by atoms with Gasteiger partial charge in [-0.3, -0.25) is 24.0 Å². The number of unbranched alkanes of at least 4 members (excludes halogenated alkanes) is 1. The molecule has 4 atom stereocenters. The number of nitrogens with one attached hydrogen (secondary N) is 5. The molecule has 13 heteroatoms. The first-order valence-electron chi connectivity index (χ1n) is 13.7. The predicted molar refractivity (Wildman–Crippen MR) is 153 cm³/mol. The molecule has 2 rings (SSSR count). The SMILES string of the molecule is CC(C)[C@H](NC(=O)CNC(=O)[C@H](Cc1c[nH]cn1)NC(=O)[C@@H](N)CCCCN)C(=O)N[C@H]([C]=O)Cc1ccccc1. The largest absolute Gasteiger partial charge is 0.351 e. The Balaban J connectivity index is 1.96. The molecule has 1 heterocycles. The van der Waals surface area contributed by atoms with E-state index in [-0.39, 0.29) is 18.8 Å². The summed E-state index contributed by atoms with van der Waals surface area (Å²) >= 11 is 0. The number of nitrogens with zero attached hydrogens (tertiary/aromatic N) is 1. The van der Waals surface area contributed by atoms with Gasteiger partial charge < -0.3 is 37.7 Å². The topological polar surface area (TPSA) is 214 Å². The lowest BCUT2D eigenvalue weighted by atomic mass is 10.0. The van der Waals surface area contributed by atoms with Gasteiger partial charge in [0.2, 0.25) is 29.9 Å². The number of carbonyl (C=O) groups excluding carboxylic acids is 5. The minimum atomic E-state index is -1.04. The third-order valence-electron chi connectivity index (χ3n) is 6.34. The van der Waals surface area contributed by atoms with Crippen molar-refractivity contribution in [2.24, 2.45) is 17.4 Å². The summed E-state index contributed by atoms with van der Waals surface area (Å²) in [5, 5.41) is 10.4. The lowest BCUT2D eigenvalue weighted by Gasteiger charge is -2.24. The number of rotatable bonds is 18. The lowest BCUT2D eigenvalue weighted by Crippen LogP contribution is -2.56. The van der Waals surface area contributed by atoms with Gasteiger partial charge in [0.1, 0.15) is 12.1 Å². The van der Waals surface area contributed by atoms with E-state index in [1.54, 1.807) is 20.0 Å². The minimum Gasteiger partial charge on any atom is -0.351 e. The summed E-state index contributed by atoms with van der Waals surface area (Å²) in [6.45, 7) is 3.53. The van der Waals surface area contributed by atoms with Gasteiger partial charge in [-0.1, -0.05) is 50.6 Å². The fourth-order valence-electron chi connectivity index (χ4n) is 4.02. The lowest BCUT2D eigenvalue weighted by molar-refractivity contribution is -0.132. The highest BCUT2D eigenvalue weighted by molar-refractivity contribution is 5.93. The van der Waals surface area contributed by atoms with Crippen LogP contribution in [0.5, 0.6) is 0 Å². The molecule has 0 spiro atoms. The summed E-state index contributed by atoms with van der Waals surface area (Å²) in [6.07, 6.45) is 7.00. The first-order valence-corrected chi connectivity index (χ1v) is 13.7. The third kappa shape index (κ3) is 11.9. The number of benzene rings is 1. The molecule has 41 heavy (non-hydrogen) atoms. The molecular weight excluding hydrogens is 528 g/mol. The number of imidazole rings is 1. The Morgan fingerprint density at radius 2 is 1.71 bits per heavy atom. The van der Waals surface area contributed by atoms with Gasteiger partial charge in [-0.05, 0) is 30.9 Å². The molecule has 2 aromatic rings. The second kappa shape index (κ2) is 17.6. The van der Waals surface area contributed by atoms with Crippen LogP contribution in [-0.2, 0) is 36.8 Å². The van der Waals surface area contributed by atoms with E-state index in [1.165, 1.54) is 6.33 Å². The molecule has 1 radical (unpaired) electrons. The van der Waals surface area contributed by atoms with Gasteiger partial charge in [0.25, 0.3) is 0 Å². The Morgan fingerprint density at radius 3 is 2.32 bits per heavy atom. The van der Waals surface area contributed by atoms with E-state index in [4.69, 9.17) is 11.5 Å². The fourth-order valence-corrected chi connectivity index (χ4v) is 4.02. The van der Waals surface area contributed by atoms with Gasteiger partial charge in [-0.2, -0.15) is 0 Å². The third-order valence-corrected chi connectivity index (χ3v) is 6.34. The maximum Gasteiger partial charge on any atom is 0.243 e. The van der Waals surface area contributed by atoms with Crippen LogP contribution >= 0.6 is 0 Å². The second-order valence-corrected chi connectivity index (χ2v) is 10.1. The number of nitrogens with two attached hydrogens (primary N) is 2. The van der Waals surface area contributed by atoms with E-state index in [0.717, 1.165) is 12.0 Å². The maximum atomic E-state index is 13.0. The van der Waals surface area contributed by atoms with Crippen LogP contribution < -0.4 is 32.7 Å². The maximum absolute atomic E-state index is 13.0. The number of hydrogen-bond donors (Lipinski definition) is 7. The number of carbonyl (C=O) groups is 4. The minimum absolute atomic E-state index is 0.0697. The first-order chi connectivity index (χ1) is 19.6. The van der Waals surface area contributed by atoms with Crippen LogP contribution in [0.3, 0.4) is 0 Å². The average Bonchev–Trinajstić information content (AvgIpc) is 3.47. The van der Waals surface area contributed by atoms with Gasteiger partial charge in [-0.25, -0.2) is 4.98 Å². The number of aromatic amines is 1. The molecule has 0 saturated heterocycles. The van der Waals surface area contributed by atoms with Crippen molar-refractivity contribution in [3.8, 4) is 0 Å². The normalized spacial score (nSPS) is 13.9. The molecule has 13 nitrogen and oxygen atoms in total. The Morgan fingerprint density at radius 1 is 0.976 bits per heavy atom. The zero-order chi connectivity index (χ0) is 30.2. The summed E-state index contributed by atoms with van der Waals surface area (Å²) in [5.41, 5.74) is 12.8. The van der Waals surface area contributed by atoms with Crippen molar-refractivity contribution in [2.45, 2.75) is 70.1 Å². The van der Waals surface area contributed by atoms with Crippen molar-refractivity contribution in [2.75, 3.05) is 13.1 Å². The molecule has 0 bridgehead atoms. The Hall–Kier alpha value is -4.10. The number of H-pyrrole nitrogens is 1. The molecule has 0 saturated carbocycles. The number of hydrogen-bond acceptors (Lipinski definition) is 8. The van der Waals surface area contributed by atoms with E-state index in [2.05, 4.69) is 31.2 Å². The van der Waals surface area contributed by atoms with Crippen molar-refractivity contribution in [1.29, 1.82) is 0 Å². The number of aromatic nitrogens is 2. The van der Waals surface area contributed by atoms with Gasteiger partial charge >= 0.3 is 0 Å². The van der Waals surface area contributed by atoms with Crippen molar-refractivity contribution in [3.63, 3.8) is 0 Å². The van der Waals surface area contributed by atoms with Crippen molar-refractivity contribution in [3.05, 3.63) is 54.1 Å². The van der Waals surface area contributed by atoms with Crippen LogP contribution in [0, 0.1) is 5.92 Å². The van der Waals surface area contributed by atoms with Gasteiger partial charge in [0, 0.05) is 19.0 Å².